The summed E-state index contributed by atoms with van der Waals surface area (Å²) in [5.74, 6) is -3.95. The highest BCUT2D eigenvalue weighted by Crippen LogP contribution is 2.55. The monoisotopic (exact) mass is 1140 g/mol. The van der Waals surface area contributed by atoms with E-state index in [0.29, 0.717) is 35.4 Å². The van der Waals surface area contributed by atoms with Crippen molar-refractivity contribution >= 4 is 54.6 Å². The number of anilines is 2. The molecule has 0 radical (unpaired) electrons. The van der Waals surface area contributed by atoms with Crippen LogP contribution < -0.4 is 21.3 Å². The normalized spacial score (nSPS) is 13.9. The standard InChI is InChI=1S/C24H26F7N3O3S.C24H25F7N2O4S/c1-13-7-6-8-16(18(13)20(36)34-21(3,4)12-38(5,32)37)19(35)33-17-10-9-15(11-14(17)2)22(25,23(26,27)28)24(29,30)31;1-13-7-6-8-16(18(13)20(35)33-21(3,4)12-38(5,36)37)19(34)32-17-10-9-15(11-14(17)2)22(25,23(26,27)28)24(29,30)31/h6-11,32H,12H2,1-5H3,(H,33,35)(H,34,36);6-11H,12H2,1-5H3,(H,32,34)(H,33,35). The predicted molar refractivity (Wildman–Crippen MR) is 255 cm³/mol. The van der Waals surface area contributed by atoms with Crippen molar-refractivity contribution in [2.75, 3.05) is 34.7 Å². The van der Waals surface area contributed by atoms with Gasteiger partial charge in [0.1, 0.15) is 9.84 Å². The van der Waals surface area contributed by atoms with E-state index in [-0.39, 0.29) is 62.6 Å². The number of halogens is 14. The van der Waals surface area contributed by atoms with Crippen LogP contribution in [0.5, 0.6) is 0 Å². The van der Waals surface area contributed by atoms with Crippen LogP contribution in [0.2, 0.25) is 0 Å². The zero-order valence-electron chi connectivity index (χ0n) is 41.8. The average Bonchev–Trinajstić information content (AvgIpc) is 3.20. The van der Waals surface area contributed by atoms with Gasteiger partial charge in [0.05, 0.1) is 33.8 Å². The van der Waals surface area contributed by atoms with Gasteiger partial charge in [-0.2, -0.15) is 52.7 Å². The predicted octanol–water partition coefficient (Wildman–Crippen LogP) is 11.4. The molecule has 1 unspecified atom stereocenters. The van der Waals surface area contributed by atoms with E-state index in [0.717, 1.165) is 20.1 Å². The molecule has 0 aliphatic heterocycles. The van der Waals surface area contributed by atoms with Gasteiger partial charge in [-0.25, -0.2) is 17.2 Å². The maximum Gasteiger partial charge on any atom is 0.435 e. The summed E-state index contributed by atoms with van der Waals surface area (Å²) in [6.07, 6.45) is -23.0. The van der Waals surface area contributed by atoms with Crippen LogP contribution in [0.3, 0.4) is 0 Å². The number of sulfone groups is 1. The maximum atomic E-state index is 14.4. The van der Waals surface area contributed by atoms with E-state index < -0.39 is 107 Å². The Kier molecular flexibility index (Phi) is 18.5. The van der Waals surface area contributed by atoms with Gasteiger partial charge in [0, 0.05) is 55.8 Å². The molecule has 0 bridgehead atoms. The minimum absolute atomic E-state index is 0.0863. The largest absolute Gasteiger partial charge is 0.435 e. The lowest BCUT2D eigenvalue weighted by molar-refractivity contribution is -0.349. The fourth-order valence-corrected chi connectivity index (χ4v) is 10.7. The van der Waals surface area contributed by atoms with Crippen molar-refractivity contribution in [2.24, 2.45) is 0 Å². The highest BCUT2D eigenvalue weighted by molar-refractivity contribution is 7.91. The summed E-state index contributed by atoms with van der Waals surface area (Å²) in [5.41, 5.74) is -17.9. The lowest BCUT2D eigenvalue weighted by Gasteiger charge is -2.30. The van der Waals surface area contributed by atoms with E-state index in [1.165, 1.54) is 70.3 Å². The van der Waals surface area contributed by atoms with Gasteiger partial charge in [0.25, 0.3) is 23.6 Å². The van der Waals surface area contributed by atoms with Gasteiger partial charge in [-0.15, -0.1) is 0 Å². The van der Waals surface area contributed by atoms with E-state index >= 15 is 0 Å². The topological polar surface area (TPSA) is 191 Å². The Morgan fingerprint density at radius 2 is 0.763 bits per heavy atom. The summed E-state index contributed by atoms with van der Waals surface area (Å²) in [4.78, 5) is 52.1. The summed E-state index contributed by atoms with van der Waals surface area (Å²) in [7, 11) is -6.47. The number of hydrogen-bond acceptors (Lipinski definition) is 8. The van der Waals surface area contributed by atoms with Gasteiger partial charge < -0.3 is 21.3 Å². The van der Waals surface area contributed by atoms with Crippen molar-refractivity contribution in [3.8, 4) is 0 Å². The number of carbonyl (C=O) groups is 4. The van der Waals surface area contributed by atoms with Crippen molar-refractivity contribution < 1.29 is 93.3 Å². The number of carbonyl (C=O) groups excluding carboxylic acids is 4. The number of rotatable bonds is 14. The van der Waals surface area contributed by atoms with Crippen LogP contribution in [0.4, 0.5) is 72.8 Å². The molecule has 4 aromatic rings. The van der Waals surface area contributed by atoms with Crippen molar-refractivity contribution in [2.45, 2.75) is 103 Å². The quantitative estimate of drug-likeness (QED) is 0.0776. The smallest absolute Gasteiger partial charge is 0.346 e. The molecule has 4 aromatic carbocycles. The first-order valence-electron chi connectivity index (χ1n) is 21.7. The molecule has 4 amide bonds. The van der Waals surface area contributed by atoms with Gasteiger partial charge >= 0.3 is 36.0 Å². The molecule has 0 saturated carbocycles. The molecular formula is C48H51F14N5O7S2. The fraction of sp³-hybridized carbons (Fsp3) is 0.417. The molecule has 76 heavy (non-hydrogen) atoms. The van der Waals surface area contributed by atoms with Crippen molar-refractivity contribution in [1.82, 2.24) is 10.6 Å². The minimum atomic E-state index is -6.29. The first-order chi connectivity index (χ1) is 34.0. The highest BCUT2D eigenvalue weighted by atomic mass is 32.2. The average molecular weight is 1140 g/mol. The highest BCUT2D eigenvalue weighted by Gasteiger charge is 2.74. The lowest BCUT2D eigenvalue weighted by Crippen LogP contribution is -2.50. The minimum Gasteiger partial charge on any atom is -0.346 e. The third-order valence-corrected chi connectivity index (χ3v) is 13.5. The fourth-order valence-electron chi connectivity index (χ4n) is 7.86. The third kappa shape index (κ3) is 15.0. The van der Waals surface area contributed by atoms with Gasteiger partial charge in [0.2, 0.25) is 0 Å². The molecule has 0 spiro atoms. The Hall–Kier alpha value is -6.32. The van der Waals surface area contributed by atoms with Gasteiger partial charge in [0.15, 0.2) is 0 Å². The number of alkyl halides is 14. The molecule has 4 rings (SSSR count). The molecule has 0 heterocycles. The molecule has 12 nitrogen and oxygen atoms in total. The third-order valence-electron chi connectivity index (χ3n) is 11.0. The van der Waals surface area contributed by atoms with Crippen LogP contribution in [0.1, 0.15) is 103 Å². The Bertz CT molecular complexity index is 2880. The lowest BCUT2D eigenvalue weighted by atomic mass is 9.92. The van der Waals surface area contributed by atoms with Gasteiger partial charge in [-0.3, -0.25) is 28.2 Å². The number of benzene rings is 4. The molecule has 1 atom stereocenters. The SMILES string of the molecule is Cc1cc(C(F)(C(F)(F)F)C(F)(F)F)ccc1NC(=O)c1cccc(C)c1C(=O)NC(C)(C)CS(C)(=N)=O.Cc1cc(C(F)(C(F)(F)F)C(F)(F)F)ccc1NC(=O)c1cccc(C)c1C(=O)NC(C)(C)CS(C)(=O)=O. The van der Waals surface area contributed by atoms with E-state index in [4.69, 9.17) is 4.78 Å². The second-order valence-electron chi connectivity index (χ2n) is 19.2. The first kappa shape index (κ1) is 64.0. The summed E-state index contributed by atoms with van der Waals surface area (Å²) in [6, 6.07) is 11.1. The zero-order chi connectivity index (χ0) is 59.0. The molecule has 0 aromatic heterocycles. The molecule has 0 aliphatic rings. The zero-order valence-corrected chi connectivity index (χ0v) is 43.4. The molecule has 5 N–H and O–H groups in total. The van der Waals surface area contributed by atoms with Crippen molar-refractivity contribution in [3.05, 3.63) is 128 Å². The Labute approximate surface area is 427 Å². The van der Waals surface area contributed by atoms with Gasteiger partial charge in [-0.1, -0.05) is 48.5 Å². The van der Waals surface area contributed by atoms with Crippen LogP contribution in [-0.4, -0.2) is 96.1 Å². The van der Waals surface area contributed by atoms with E-state index in [9.17, 15) is 93.3 Å². The molecule has 28 heteroatoms. The molecule has 0 aliphatic carbocycles. The van der Waals surface area contributed by atoms with E-state index in [1.54, 1.807) is 13.8 Å². The van der Waals surface area contributed by atoms with E-state index in [2.05, 4.69) is 21.3 Å². The van der Waals surface area contributed by atoms with Crippen molar-refractivity contribution in [1.29, 1.82) is 4.78 Å². The van der Waals surface area contributed by atoms with Gasteiger partial charge in [-0.05, 0) is 102 Å². The summed E-state index contributed by atoms with van der Waals surface area (Å²) in [5, 5.41) is 9.79. The second-order valence-corrected chi connectivity index (χ2v) is 23.6. The Morgan fingerprint density at radius 1 is 0.461 bits per heavy atom. The number of aryl methyl sites for hydroxylation is 4. The Balaban J connectivity index is 0.000000400. The molecule has 0 saturated heterocycles. The summed E-state index contributed by atoms with van der Waals surface area (Å²) < 4.78 is 229. The molecular weight excluding hydrogens is 1090 g/mol. The molecule has 0 fully saturated rings. The van der Waals surface area contributed by atoms with Crippen LogP contribution in [0.15, 0.2) is 72.8 Å². The van der Waals surface area contributed by atoms with Crippen LogP contribution in [0.25, 0.3) is 0 Å². The summed E-state index contributed by atoms with van der Waals surface area (Å²) >= 11 is 0. The van der Waals surface area contributed by atoms with E-state index in [1.807, 2.05) is 0 Å². The first-order valence-corrected chi connectivity index (χ1v) is 25.9. The Morgan fingerprint density at radius 3 is 1.03 bits per heavy atom. The number of nitrogens with one attached hydrogen (secondary N) is 5. The number of hydrogen-bond donors (Lipinski definition) is 5. The summed E-state index contributed by atoms with van der Waals surface area (Å²) in [6.45, 7) is 11.2. The van der Waals surface area contributed by atoms with Crippen molar-refractivity contribution in [3.63, 3.8) is 0 Å². The maximum absolute atomic E-state index is 14.4. The van der Waals surface area contributed by atoms with Crippen LogP contribution >= 0.6 is 0 Å². The second kappa shape index (κ2) is 22.0. The molecule has 420 valence electrons. The van der Waals surface area contributed by atoms with Crippen LogP contribution in [-0.2, 0) is 30.9 Å². The van der Waals surface area contributed by atoms with Crippen LogP contribution in [0, 0.1) is 32.5 Å². The number of amides is 4.